The molecule has 2 aromatic carbocycles. The van der Waals surface area contributed by atoms with E-state index in [0.717, 1.165) is 21.9 Å². The second-order valence-corrected chi connectivity index (χ2v) is 4.69. The Morgan fingerprint density at radius 3 is 2.20 bits per heavy atom. The smallest absolute Gasteiger partial charge is 0.308 e. The predicted molar refractivity (Wildman–Crippen MR) is 76.0 cm³/mol. The fraction of sp³-hybridized carbons (Fsp3) is 0.250. The van der Waals surface area contributed by atoms with Crippen molar-refractivity contribution in [2.24, 2.45) is 0 Å². The third-order valence-electron chi connectivity index (χ3n) is 3.10. The molecule has 0 radical (unpaired) electrons. The van der Waals surface area contributed by atoms with E-state index in [4.69, 9.17) is 9.47 Å². The van der Waals surface area contributed by atoms with Crippen LogP contribution in [0.1, 0.15) is 25.0 Å². The van der Waals surface area contributed by atoms with Crippen molar-refractivity contribution >= 4 is 22.7 Å². The third kappa shape index (κ3) is 2.64. The highest BCUT2D eigenvalue weighted by atomic mass is 16.5. The normalized spacial score (nSPS) is 10.4. The quantitative estimate of drug-likeness (QED) is 0.621. The van der Waals surface area contributed by atoms with Crippen molar-refractivity contribution in [2.75, 3.05) is 0 Å². The monoisotopic (exact) mass is 272 g/mol. The lowest BCUT2D eigenvalue weighted by atomic mass is 10.0. The van der Waals surface area contributed by atoms with Crippen LogP contribution in [0.15, 0.2) is 24.3 Å². The summed E-state index contributed by atoms with van der Waals surface area (Å²) >= 11 is 0. The maximum Gasteiger partial charge on any atom is 0.308 e. The fourth-order valence-corrected chi connectivity index (χ4v) is 2.12. The lowest BCUT2D eigenvalue weighted by molar-refractivity contribution is -0.132. The fourth-order valence-electron chi connectivity index (χ4n) is 2.12. The Bertz CT molecular complexity index is 701. The molecule has 2 aromatic rings. The summed E-state index contributed by atoms with van der Waals surface area (Å²) in [5, 5.41) is 1.50. The minimum Gasteiger partial charge on any atom is -0.426 e. The molecule has 2 rings (SSSR count). The molecular formula is C16H16O4. The van der Waals surface area contributed by atoms with E-state index in [9.17, 15) is 9.59 Å². The molecule has 0 N–H and O–H groups in total. The molecule has 4 nitrogen and oxygen atoms in total. The van der Waals surface area contributed by atoms with Crippen molar-refractivity contribution in [3.63, 3.8) is 0 Å². The number of hydrogen-bond acceptors (Lipinski definition) is 4. The Balaban J connectivity index is 2.75. The van der Waals surface area contributed by atoms with Crippen LogP contribution in [0.2, 0.25) is 0 Å². The molecular weight excluding hydrogens is 256 g/mol. The van der Waals surface area contributed by atoms with Gasteiger partial charge in [0.2, 0.25) is 0 Å². The van der Waals surface area contributed by atoms with Crippen molar-refractivity contribution in [1.29, 1.82) is 0 Å². The van der Waals surface area contributed by atoms with E-state index >= 15 is 0 Å². The Labute approximate surface area is 117 Å². The maximum atomic E-state index is 11.3. The average molecular weight is 272 g/mol. The van der Waals surface area contributed by atoms with E-state index < -0.39 is 0 Å². The second-order valence-electron chi connectivity index (χ2n) is 4.69. The van der Waals surface area contributed by atoms with Crippen molar-refractivity contribution < 1.29 is 19.1 Å². The summed E-state index contributed by atoms with van der Waals surface area (Å²) in [5.41, 5.74) is 1.86. The van der Waals surface area contributed by atoms with Gasteiger partial charge in [0.1, 0.15) is 11.5 Å². The van der Waals surface area contributed by atoms with E-state index in [0.29, 0.717) is 11.5 Å². The first-order valence-corrected chi connectivity index (χ1v) is 6.30. The molecule has 0 amide bonds. The first-order chi connectivity index (χ1) is 9.40. The summed E-state index contributed by atoms with van der Waals surface area (Å²) in [5.74, 6) is 0.218. The molecule has 104 valence electrons. The van der Waals surface area contributed by atoms with Gasteiger partial charge in [-0.1, -0.05) is 12.1 Å². The standard InChI is InChI=1S/C16H16O4/c1-9-8-14-13(16(10(9)2)20-12(4)18)6-5-7-15(14)19-11(3)17/h5-8H,1-4H3. The van der Waals surface area contributed by atoms with Crippen LogP contribution < -0.4 is 9.47 Å². The SMILES string of the molecule is CC(=O)Oc1cccc2c(OC(C)=O)c(C)c(C)cc12. The van der Waals surface area contributed by atoms with E-state index in [2.05, 4.69) is 0 Å². The third-order valence-corrected chi connectivity index (χ3v) is 3.10. The zero-order valence-electron chi connectivity index (χ0n) is 11.9. The molecule has 0 bridgehead atoms. The van der Waals surface area contributed by atoms with E-state index in [1.54, 1.807) is 12.1 Å². The number of esters is 2. The highest BCUT2D eigenvalue weighted by Crippen LogP contribution is 2.36. The van der Waals surface area contributed by atoms with Crippen LogP contribution >= 0.6 is 0 Å². The van der Waals surface area contributed by atoms with Crippen LogP contribution in [-0.2, 0) is 9.59 Å². The summed E-state index contributed by atoms with van der Waals surface area (Å²) in [6.07, 6.45) is 0. The number of hydrogen-bond donors (Lipinski definition) is 0. The van der Waals surface area contributed by atoms with Gasteiger partial charge in [0, 0.05) is 24.6 Å². The van der Waals surface area contributed by atoms with Crippen molar-refractivity contribution in [3.8, 4) is 11.5 Å². The van der Waals surface area contributed by atoms with Gasteiger partial charge in [0.05, 0.1) is 0 Å². The van der Waals surface area contributed by atoms with E-state index in [1.165, 1.54) is 13.8 Å². The van der Waals surface area contributed by atoms with Gasteiger partial charge in [-0.25, -0.2) is 0 Å². The first-order valence-electron chi connectivity index (χ1n) is 6.30. The van der Waals surface area contributed by atoms with E-state index in [-0.39, 0.29) is 11.9 Å². The molecule has 0 aliphatic carbocycles. The van der Waals surface area contributed by atoms with Gasteiger partial charge in [-0.15, -0.1) is 0 Å². The number of ether oxygens (including phenoxy) is 2. The number of carbonyl (C=O) groups excluding carboxylic acids is 2. The molecule has 0 saturated heterocycles. The topological polar surface area (TPSA) is 52.6 Å². The Morgan fingerprint density at radius 1 is 0.950 bits per heavy atom. The predicted octanol–water partition coefficient (Wildman–Crippen LogP) is 3.31. The lowest BCUT2D eigenvalue weighted by Gasteiger charge is -2.14. The summed E-state index contributed by atoms with van der Waals surface area (Å²) in [6, 6.07) is 7.25. The highest BCUT2D eigenvalue weighted by Gasteiger charge is 2.14. The molecule has 0 unspecified atom stereocenters. The van der Waals surface area contributed by atoms with Crippen molar-refractivity contribution in [2.45, 2.75) is 27.7 Å². The van der Waals surface area contributed by atoms with Gasteiger partial charge in [0.25, 0.3) is 0 Å². The summed E-state index contributed by atoms with van der Waals surface area (Å²) in [7, 11) is 0. The molecule has 20 heavy (non-hydrogen) atoms. The Hall–Kier alpha value is -2.36. The Kier molecular flexibility index (Phi) is 3.74. The lowest BCUT2D eigenvalue weighted by Crippen LogP contribution is -2.06. The van der Waals surface area contributed by atoms with Crippen LogP contribution in [-0.4, -0.2) is 11.9 Å². The molecule has 0 heterocycles. The maximum absolute atomic E-state index is 11.3. The average Bonchev–Trinajstić information content (AvgIpc) is 2.35. The molecule has 0 aromatic heterocycles. The number of carbonyl (C=O) groups is 2. The van der Waals surface area contributed by atoms with Crippen LogP contribution in [0.5, 0.6) is 11.5 Å². The van der Waals surface area contributed by atoms with Crippen LogP contribution in [0.4, 0.5) is 0 Å². The minimum absolute atomic E-state index is 0.377. The number of rotatable bonds is 2. The summed E-state index contributed by atoms with van der Waals surface area (Å²) in [4.78, 5) is 22.4. The molecule has 0 saturated carbocycles. The highest BCUT2D eigenvalue weighted by molar-refractivity contribution is 5.97. The van der Waals surface area contributed by atoms with Crippen LogP contribution in [0.25, 0.3) is 10.8 Å². The van der Waals surface area contributed by atoms with Crippen molar-refractivity contribution in [1.82, 2.24) is 0 Å². The van der Waals surface area contributed by atoms with Gasteiger partial charge >= 0.3 is 11.9 Å². The largest absolute Gasteiger partial charge is 0.426 e. The zero-order valence-corrected chi connectivity index (χ0v) is 11.9. The number of aryl methyl sites for hydroxylation is 1. The summed E-state index contributed by atoms with van der Waals surface area (Å²) in [6.45, 7) is 6.54. The first kappa shape index (κ1) is 14.1. The van der Waals surface area contributed by atoms with Crippen LogP contribution in [0, 0.1) is 13.8 Å². The Morgan fingerprint density at radius 2 is 1.60 bits per heavy atom. The molecule has 4 heteroatoms. The van der Waals surface area contributed by atoms with Crippen molar-refractivity contribution in [3.05, 3.63) is 35.4 Å². The van der Waals surface area contributed by atoms with Gasteiger partial charge in [-0.3, -0.25) is 9.59 Å². The van der Waals surface area contributed by atoms with Gasteiger partial charge in [-0.2, -0.15) is 0 Å². The number of benzene rings is 2. The molecule has 0 spiro atoms. The van der Waals surface area contributed by atoms with Gasteiger partial charge in [0.15, 0.2) is 0 Å². The molecule has 0 fully saturated rings. The van der Waals surface area contributed by atoms with Gasteiger partial charge in [-0.05, 0) is 37.1 Å². The molecule has 0 aliphatic heterocycles. The molecule has 0 atom stereocenters. The second kappa shape index (κ2) is 5.33. The zero-order chi connectivity index (χ0) is 14.9. The van der Waals surface area contributed by atoms with Crippen LogP contribution in [0.3, 0.4) is 0 Å². The molecule has 0 aliphatic rings. The number of fused-ring (bicyclic) bond motifs is 1. The summed E-state index contributed by atoms with van der Waals surface area (Å²) < 4.78 is 10.5. The van der Waals surface area contributed by atoms with E-state index in [1.807, 2.05) is 26.0 Å². The minimum atomic E-state index is -0.384. The van der Waals surface area contributed by atoms with Gasteiger partial charge < -0.3 is 9.47 Å².